The monoisotopic (exact) mass is 285 g/mol. The van der Waals surface area contributed by atoms with Gasteiger partial charge < -0.3 is 9.47 Å². The number of ether oxygens (including phenoxy) is 2. The Morgan fingerprint density at radius 1 is 0.650 bits per heavy atom. The summed E-state index contributed by atoms with van der Waals surface area (Å²) >= 11 is 0. The quantitative estimate of drug-likeness (QED) is 0.259. The van der Waals surface area contributed by atoms with Gasteiger partial charge in [-0.1, -0.05) is 71.6 Å². The van der Waals surface area contributed by atoms with Crippen molar-refractivity contribution in [2.24, 2.45) is 0 Å². The van der Waals surface area contributed by atoms with Crippen molar-refractivity contribution in [2.45, 2.75) is 97.2 Å². The molecule has 1 radical (unpaired) electrons. The van der Waals surface area contributed by atoms with Crippen LogP contribution in [-0.4, -0.2) is 19.5 Å². The van der Waals surface area contributed by atoms with Gasteiger partial charge in [-0.3, -0.25) is 0 Å². The highest BCUT2D eigenvalue weighted by Crippen LogP contribution is 2.11. The molecular formula is C18H37O2. The van der Waals surface area contributed by atoms with Gasteiger partial charge in [0.05, 0.1) is 0 Å². The highest BCUT2D eigenvalue weighted by atomic mass is 16.7. The lowest BCUT2D eigenvalue weighted by Gasteiger charge is -2.16. The molecule has 1 unspecified atom stereocenters. The lowest BCUT2D eigenvalue weighted by molar-refractivity contribution is -0.140. The molecule has 0 aliphatic heterocycles. The summed E-state index contributed by atoms with van der Waals surface area (Å²) in [4.78, 5) is 0. The van der Waals surface area contributed by atoms with E-state index in [2.05, 4.69) is 20.8 Å². The number of rotatable bonds is 16. The first-order chi connectivity index (χ1) is 9.85. The summed E-state index contributed by atoms with van der Waals surface area (Å²) in [7, 11) is 0. The van der Waals surface area contributed by atoms with E-state index in [1.54, 1.807) is 0 Å². The molecule has 0 aromatic carbocycles. The van der Waals surface area contributed by atoms with Crippen LogP contribution >= 0.6 is 0 Å². The van der Waals surface area contributed by atoms with Crippen LogP contribution < -0.4 is 0 Å². The van der Waals surface area contributed by atoms with Crippen LogP contribution in [0.4, 0.5) is 0 Å². The van der Waals surface area contributed by atoms with Gasteiger partial charge >= 0.3 is 0 Å². The first kappa shape index (κ1) is 19.9. The lowest BCUT2D eigenvalue weighted by Crippen LogP contribution is -2.17. The maximum absolute atomic E-state index is 5.68. The van der Waals surface area contributed by atoms with Gasteiger partial charge in [-0.15, -0.1) is 0 Å². The Morgan fingerprint density at radius 3 is 1.65 bits per heavy atom. The zero-order chi connectivity index (χ0) is 14.9. The molecule has 0 rings (SSSR count). The Morgan fingerprint density at radius 2 is 1.15 bits per heavy atom. The molecule has 1 atom stereocenters. The largest absolute Gasteiger partial charge is 0.353 e. The summed E-state index contributed by atoms with van der Waals surface area (Å²) in [5.74, 6) is 0. The van der Waals surface area contributed by atoms with Crippen LogP contribution in [0.3, 0.4) is 0 Å². The van der Waals surface area contributed by atoms with Crippen LogP contribution in [0.15, 0.2) is 0 Å². The van der Waals surface area contributed by atoms with E-state index in [0.29, 0.717) is 6.42 Å². The van der Waals surface area contributed by atoms with Gasteiger partial charge in [0.1, 0.15) is 0 Å². The lowest BCUT2D eigenvalue weighted by atomic mass is 10.1. The first-order valence-electron chi connectivity index (χ1n) is 8.87. The molecule has 0 spiro atoms. The normalized spacial score (nSPS) is 12.8. The van der Waals surface area contributed by atoms with Gasteiger partial charge in [0.25, 0.3) is 0 Å². The molecular weight excluding hydrogens is 248 g/mol. The summed E-state index contributed by atoms with van der Waals surface area (Å²) in [5.41, 5.74) is 0. The minimum Gasteiger partial charge on any atom is -0.353 e. The predicted octanol–water partition coefficient (Wildman–Crippen LogP) is 5.90. The molecule has 0 aliphatic carbocycles. The van der Waals surface area contributed by atoms with Crippen LogP contribution in [0.5, 0.6) is 0 Å². The van der Waals surface area contributed by atoms with Crippen molar-refractivity contribution in [1.82, 2.24) is 0 Å². The second-order valence-corrected chi connectivity index (χ2v) is 5.64. The van der Waals surface area contributed by atoms with Crippen LogP contribution in [0, 0.1) is 6.92 Å². The molecule has 0 N–H and O–H groups in total. The van der Waals surface area contributed by atoms with E-state index in [9.17, 15) is 0 Å². The van der Waals surface area contributed by atoms with E-state index in [1.807, 2.05) is 0 Å². The van der Waals surface area contributed by atoms with Crippen molar-refractivity contribution in [2.75, 3.05) is 13.2 Å². The van der Waals surface area contributed by atoms with E-state index in [1.165, 1.54) is 57.8 Å². The van der Waals surface area contributed by atoms with Gasteiger partial charge in [-0.05, 0) is 26.2 Å². The molecule has 0 fully saturated rings. The fourth-order valence-corrected chi connectivity index (χ4v) is 2.27. The van der Waals surface area contributed by atoms with E-state index in [0.717, 1.165) is 26.1 Å². The molecule has 0 saturated heterocycles. The third kappa shape index (κ3) is 14.3. The summed E-state index contributed by atoms with van der Waals surface area (Å²) in [5, 5.41) is 0. The van der Waals surface area contributed by atoms with E-state index >= 15 is 0 Å². The summed E-state index contributed by atoms with van der Waals surface area (Å²) < 4.78 is 11.2. The minimum atomic E-state index is -0.0893. The Balaban J connectivity index is 3.15. The second-order valence-electron chi connectivity index (χ2n) is 5.64. The number of hydrogen-bond acceptors (Lipinski definition) is 2. The van der Waals surface area contributed by atoms with E-state index in [-0.39, 0.29) is 6.29 Å². The molecule has 0 heterocycles. The van der Waals surface area contributed by atoms with Crippen LogP contribution in [0.2, 0.25) is 0 Å². The average molecular weight is 285 g/mol. The highest BCUT2D eigenvalue weighted by molar-refractivity contribution is 4.50. The van der Waals surface area contributed by atoms with Gasteiger partial charge in [0.15, 0.2) is 6.29 Å². The zero-order valence-corrected chi connectivity index (χ0v) is 14.0. The predicted molar refractivity (Wildman–Crippen MR) is 87.8 cm³/mol. The number of unbranched alkanes of at least 4 members (excludes halogenated alkanes) is 9. The third-order valence-corrected chi connectivity index (χ3v) is 3.55. The fraction of sp³-hybridized carbons (Fsp3) is 0.944. The smallest absolute Gasteiger partial charge is 0.157 e. The molecule has 0 aliphatic rings. The average Bonchev–Trinajstić information content (AvgIpc) is 2.48. The van der Waals surface area contributed by atoms with Crippen molar-refractivity contribution in [3.63, 3.8) is 0 Å². The maximum Gasteiger partial charge on any atom is 0.157 e. The van der Waals surface area contributed by atoms with Crippen molar-refractivity contribution < 1.29 is 9.47 Å². The first-order valence-corrected chi connectivity index (χ1v) is 8.87. The van der Waals surface area contributed by atoms with Gasteiger partial charge in [0.2, 0.25) is 0 Å². The third-order valence-electron chi connectivity index (χ3n) is 3.55. The molecule has 0 saturated carbocycles. The van der Waals surface area contributed by atoms with Gasteiger partial charge in [-0.2, -0.15) is 0 Å². The fourth-order valence-electron chi connectivity index (χ4n) is 2.27. The molecule has 0 aromatic rings. The second kappa shape index (κ2) is 17.0. The van der Waals surface area contributed by atoms with Crippen molar-refractivity contribution in [1.29, 1.82) is 0 Å². The minimum absolute atomic E-state index is 0.0893. The molecule has 121 valence electrons. The summed E-state index contributed by atoms with van der Waals surface area (Å²) in [6.07, 6.45) is 15.3. The topological polar surface area (TPSA) is 18.5 Å². The maximum atomic E-state index is 5.68. The Kier molecular flexibility index (Phi) is 16.9. The molecule has 2 nitrogen and oxygen atoms in total. The molecule has 2 heteroatoms. The molecule has 0 amide bonds. The van der Waals surface area contributed by atoms with Crippen molar-refractivity contribution >= 4 is 0 Å². The molecule has 0 aromatic heterocycles. The van der Waals surface area contributed by atoms with E-state index in [4.69, 9.17) is 9.47 Å². The SMILES string of the molecule is [CH2]CC(OCCC)OCCCCCCCCCCCC. The van der Waals surface area contributed by atoms with Crippen LogP contribution in [-0.2, 0) is 9.47 Å². The van der Waals surface area contributed by atoms with Gasteiger partial charge in [-0.25, -0.2) is 0 Å². The molecule has 0 bridgehead atoms. The Bertz CT molecular complexity index is 171. The Labute approximate surface area is 127 Å². The standard InChI is InChI=1S/C18H37O2/c1-4-7-8-9-10-11-12-13-14-15-17-20-18(6-3)19-16-5-2/h18H,3-17H2,1-2H3. The highest BCUT2D eigenvalue weighted by Gasteiger charge is 2.05. The van der Waals surface area contributed by atoms with Crippen LogP contribution in [0.25, 0.3) is 0 Å². The van der Waals surface area contributed by atoms with Gasteiger partial charge in [0, 0.05) is 13.2 Å². The molecule has 20 heavy (non-hydrogen) atoms. The van der Waals surface area contributed by atoms with Crippen molar-refractivity contribution in [3.05, 3.63) is 6.92 Å². The van der Waals surface area contributed by atoms with E-state index < -0.39 is 0 Å². The van der Waals surface area contributed by atoms with Crippen molar-refractivity contribution in [3.8, 4) is 0 Å². The van der Waals surface area contributed by atoms with Crippen LogP contribution in [0.1, 0.15) is 90.9 Å². The summed E-state index contributed by atoms with van der Waals surface area (Å²) in [6.45, 7) is 9.84. The zero-order valence-electron chi connectivity index (χ0n) is 14.0. The Hall–Kier alpha value is -0.0800. The number of hydrogen-bond donors (Lipinski definition) is 0. The summed E-state index contributed by atoms with van der Waals surface area (Å²) in [6, 6.07) is 0.